The smallest absolute Gasteiger partial charge is 0.195 e. The summed E-state index contributed by atoms with van der Waals surface area (Å²) in [7, 11) is 3.28. The molecule has 0 spiro atoms. The third-order valence-electron chi connectivity index (χ3n) is 4.34. The molecule has 148 valence electrons. The number of rotatable bonds is 9. The second-order valence-corrected chi connectivity index (χ2v) is 6.21. The molecule has 1 aromatic carbocycles. The standard InChI is InChI=1S/C19H32N4O2.HI/c1-4-20-19(21-11-5-6-12-23-13-7-8-14-23)22-16-9-10-17(24-2)18(15-16)25-3;/h9-10,15H,4-8,11-14H2,1-3H3,(H2,20,21,22);1H. The van der Waals surface area contributed by atoms with Gasteiger partial charge in [-0.25, -0.2) is 0 Å². The van der Waals surface area contributed by atoms with Crippen molar-refractivity contribution in [1.82, 2.24) is 10.2 Å². The Balaban J connectivity index is 0.00000338. The predicted molar refractivity (Wildman–Crippen MR) is 119 cm³/mol. The van der Waals surface area contributed by atoms with E-state index in [-0.39, 0.29) is 24.0 Å². The van der Waals surface area contributed by atoms with Crippen molar-refractivity contribution < 1.29 is 9.47 Å². The van der Waals surface area contributed by atoms with Crippen LogP contribution in [0.25, 0.3) is 0 Å². The molecule has 0 amide bonds. The van der Waals surface area contributed by atoms with Gasteiger partial charge in [-0.05, 0) is 64.4 Å². The zero-order valence-electron chi connectivity index (χ0n) is 16.2. The van der Waals surface area contributed by atoms with E-state index in [4.69, 9.17) is 9.47 Å². The third kappa shape index (κ3) is 7.57. The highest BCUT2D eigenvalue weighted by Gasteiger charge is 2.10. The first-order valence-corrected chi connectivity index (χ1v) is 9.26. The minimum atomic E-state index is 0. The van der Waals surface area contributed by atoms with Crippen molar-refractivity contribution >= 4 is 35.6 Å². The van der Waals surface area contributed by atoms with Gasteiger partial charge in [-0.3, -0.25) is 4.99 Å². The van der Waals surface area contributed by atoms with Gasteiger partial charge in [0.25, 0.3) is 0 Å². The number of guanidine groups is 1. The SMILES string of the molecule is CCNC(=NCCCCN1CCCC1)Nc1ccc(OC)c(OC)c1.I. The second kappa shape index (κ2) is 13.0. The lowest BCUT2D eigenvalue weighted by atomic mass is 10.2. The van der Waals surface area contributed by atoms with Crippen LogP contribution in [0.4, 0.5) is 5.69 Å². The molecular formula is C19H33IN4O2. The van der Waals surface area contributed by atoms with Gasteiger partial charge in [0.05, 0.1) is 14.2 Å². The number of hydrogen-bond acceptors (Lipinski definition) is 4. The Labute approximate surface area is 174 Å². The zero-order chi connectivity index (χ0) is 17.9. The molecule has 0 unspecified atom stereocenters. The van der Waals surface area contributed by atoms with Gasteiger partial charge in [-0.2, -0.15) is 0 Å². The van der Waals surface area contributed by atoms with Gasteiger partial charge >= 0.3 is 0 Å². The van der Waals surface area contributed by atoms with Crippen LogP contribution < -0.4 is 20.1 Å². The molecule has 6 nitrogen and oxygen atoms in total. The summed E-state index contributed by atoms with van der Waals surface area (Å²) in [4.78, 5) is 7.23. The summed E-state index contributed by atoms with van der Waals surface area (Å²) in [5, 5.41) is 6.62. The van der Waals surface area contributed by atoms with Crippen LogP contribution in [-0.2, 0) is 0 Å². The van der Waals surface area contributed by atoms with E-state index >= 15 is 0 Å². The Morgan fingerprint density at radius 1 is 1.12 bits per heavy atom. The lowest BCUT2D eigenvalue weighted by Gasteiger charge is -2.15. The number of aliphatic imine (C=N–C) groups is 1. The third-order valence-corrected chi connectivity index (χ3v) is 4.34. The summed E-state index contributed by atoms with van der Waals surface area (Å²) in [5.41, 5.74) is 0.925. The minimum Gasteiger partial charge on any atom is -0.493 e. The maximum atomic E-state index is 5.35. The van der Waals surface area contributed by atoms with Crippen LogP contribution in [0.15, 0.2) is 23.2 Å². The number of halogens is 1. The number of nitrogens with zero attached hydrogens (tertiary/aromatic N) is 2. The predicted octanol–water partition coefficient (Wildman–Crippen LogP) is 3.58. The topological polar surface area (TPSA) is 58.1 Å². The Morgan fingerprint density at radius 2 is 1.85 bits per heavy atom. The number of unbranched alkanes of at least 4 members (excludes halogenated alkanes) is 1. The molecule has 1 aromatic rings. The first-order valence-electron chi connectivity index (χ1n) is 9.26. The monoisotopic (exact) mass is 476 g/mol. The van der Waals surface area contributed by atoms with E-state index < -0.39 is 0 Å². The fourth-order valence-corrected chi connectivity index (χ4v) is 3.00. The maximum absolute atomic E-state index is 5.35. The Bertz CT molecular complexity index is 548. The fourth-order valence-electron chi connectivity index (χ4n) is 3.00. The molecule has 2 rings (SSSR count). The van der Waals surface area contributed by atoms with Crippen LogP contribution in [0, 0.1) is 0 Å². The largest absolute Gasteiger partial charge is 0.493 e. The molecule has 0 bridgehead atoms. The van der Waals surface area contributed by atoms with Gasteiger partial charge in [0.15, 0.2) is 17.5 Å². The van der Waals surface area contributed by atoms with Crippen molar-refractivity contribution in [2.24, 2.45) is 4.99 Å². The summed E-state index contributed by atoms with van der Waals surface area (Å²) < 4.78 is 10.6. The van der Waals surface area contributed by atoms with E-state index in [0.717, 1.165) is 36.9 Å². The fraction of sp³-hybridized carbons (Fsp3) is 0.632. The van der Waals surface area contributed by atoms with Crippen molar-refractivity contribution in [3.05, 3.63) is 18.2 Å². The number of anilines is 1. The van der Waals surface area contributed by atoms with Crippen molar-refractivity contribution in [1.29, 1.82) is 0 Å². The highest BCUT2D eigenvalue weighted by Crippen LogP contribution is 2.29. The first-order chi connectivity index (χ1) is 12.3. The molecule has 7 heteroatoms. The highest BCUT2D eigenvalue weighted by molar-refractivity contribution is 14.0. The van der Waals surface area contributed by atoms with E-state index in [2.05, 4.69) is 27.4 Å². The van der Waals surface area contributed by atoms with E-state index in [9.17, 15) is 0 Å². The lowest BCUT2D eigenvalue weighted by molar-refractivity contribution is 0.331. The molecule has 1 fully saturated rings. The van der Waals surface area contributed by atoms with Crippen LogP contribution in [-0.4, -0.2) is 57.8 Å². The van der Waals surface area contributed by atoms with Crippen LogP contribution in [0.3, 0.4) is 0 Å². The van der Waals surface area contributed by atoms with Gasteiger partial charge in [0.1, 0.15) is 0 Å². The molecule has 0 aromatic heterocycles. The van der Waals surface area contributed by atoms with Gasteiger partial charge in [-0.1, -0.05) is 0 Å². The quantitative estimate of drug-likeness (QED) is 0.247. The van der Waals surface area contributed by atoms with Crippen molar-refractivity contribution in [2.75, 3.05) is 52.3 Å². The summed E-state index contributed by atoms with van der Waals surface area (Å²) in [6.07, 6.45) is 5.04. The van der Waals surface area contributed by atoms with Gasteiger partial charge < -0.3 is 25.0 Å². The molecule has 0 radical (unpaired) electrons. The Morgan fingerprint density at radius 3 is 2.50 bits per heavy atom. The molecule has 26 heavy (non-hydrogen) atoms. The van der Waals surface area contributed by atoms with Crippen molar-refractivity contribution in [2.45, 2.75) is 32.6 Å². The molecule has 1 saturated heterocycles. The highest BCUT2D eigenvalue weighted by atomic mass is 127. The van der Waals surface area contributed by atoms with E-state index in [1.165, 1.54) is 38.9 Å². The second-order valence-electron chi connectivity index (χ2n) is 6.21. The average molecular weight is 476 g/mol. The summed E-state index contributed by atoms with van der Waals surface area (Å²) in [5.74, 6) is 2.22. The normalized spacial score (nSPS) is 14.7. The van der Waals surface area contributed by atoms with Gasteiger partial charge in [-0.15, -0.1) is 24.0 Å². The molecule has 2 N–H and O–H groups in total. The van der Waals surface area contributed by atoms with Crippen molar-refractivity contribution in [3.63, 3.8) is 0 Å². The first kappa shape index (κ1) is 22.8. The van der Waals surface area contributed by atoms with E-state index in [1.807, 2.05) is 18.2 Å². The van der Waals surface area contributed by atoms with Gasteiger partial charge in [0.2, 0.25) is 0 Å². The summed E-state index contributed by atoms with van der Waals surface area (Å²) >= 11 is 0. The summed E-state index contributed by atoms with van der Waals surface area (Å²) in [6.45, 7) is 7.47. The minimum absolute atomic E-state index is 0. The molecular weight excluding hydrogens is 443 g/mol. The van der Waals surface area contributed by atoms with Crippen LogP contribution in [0.1, 0.15) is 32.6 Å². The number of benzene rings is 1. The number of methoxy groups -OCH3 is 2. The number of ether oxygens (including phenoxy) is 2. The molecule has 1 aliphatic rings. The number of nitrogens with one attached hydrogen (secondary N) is 2. The summed E-state index contributed by atoms with van der Waals surface area (Å²) in [6, 6.07) is 5.77. The Kier molecular flexibility index (Phi) is 11.4. The van der Waals surface area contributed by atoms with Gasteiger partial charge in [0, 0.05) is 24.8 Å². The van der Waals surface area contributed by atoms with Crippen LogP contribution >= 0.6 is 24.0 Å². The van der Waals surface area contributed by atoms with Crippen LogP contribution in [0.2, 0.25) is 0 Å². The van der Waals surface area contributed by atoms with Crippen molar-refractivity contribution in [3.8, 4) is 11.5 Å². The number of hydrogen-bond donors (Lipinski definition) is 2. The molecule has 1 aliphatic heterocycles. The number of likely N-dealkylation sites (tertiary alicyclic amines) is 1. The Hall–Kier alpha value is -1.22. The molecule has 0 saturated carbocycles. The van der Waals surface area contributed by atoms with E-state index in [0.29, 0.717) is 5.75 Å². The lowest BCUT2D eigenvalue weighted by Crippen LogP contribution is -2.30. The maximum Gasteiger partial charge on any atom is 0.195 e. The molecule has 1 heterocycles. The molecule has 0 aliphatic carbocycles. The average Bonchev–Trinajstić information content (AvgIpc) is 3.14. The molecule has 0 atom stereocenters. The zero-order valence-corrected chi connectivity index (χ0v) is 18.5. The van der Waals surface area contributed by atoms with Crippen LogP contribution in [0.5, 0.6) is 11.5 Å². The van der Waals surface area contributed by atoms with E-state index in [1.54, 1.807) is 14.2 Å².